The fourth-order valence-electron chi connectivity index (χ4n) is 4.66. The second kappa shape index (κ2) is 12.8. The van der Waals surface area contributed by atoms with Gasteiger partial charge in [-0.3, -0.25) is 9.59 Å². The van der Waals surface area contributed by atoms with Gasteiger partial charge in [0.15, 0.2) is 11.6 Å². The summed E-state index contributed by atoms with van der Waals surface area (Å²) in [4.78, 5) is 34.7. The summed E-state index contributed by atoms with van der Waals surface area (Å²) in [5, 5.41) is 30.2. The monoisotopic (exact) mass is 540 g/mol. The van der Waals surface area contributed by atoms with Crippen molar-refractivity contribution in [1.29, 1.82) is 0 Å². The first-order valence-corrected chi connectivity index (χ1v) is 13.5. The molecule has 0 amide bonds. The standard InChI is InChI=1S/C16H22O4.C16H22O3/c1-10(17)5-7-16(4,20)8-6-13-9-14(18)11(2)12(3)15(13)19;1-10-5-7-16(4,19-10)8-6-13-9-14(17)11(2)12(3)15(13)18/h9,20H,5-8H2,1-4H3;9,17-18H,1,5-8H2,2-4H3. The lowest BCUT2D eigenvalue weighted by Gasteiger charge is -2.24. The molecule has 2 unspecified atom stereocenters. The Labute approximate surface area is 232 Å². The maximum Gasteiger partial charge on any atom is 0.185 e. The van der Waals surface area contributed by atoms with E-state index in [2.05, 4.69) is 13.5 Å². The molecule has 0 bridgehead atoms. The lowest BCUT2D eigenvalue weighted by atomic mass is 9.85. The van der Waals surface area contributed by atoms with E-state index in [-0.39, 0.29) is 34.4 Å². The molecule has 1 fully saturated rings. The van der Waals surface area contributed by atoms with Gasteiger partial charge < -0.3 is 24.9 Å². The highest BCUT2D eigenvalue weighted by atomic mass is 16.5. The number of carbonyl (C=O) groups excluding carboxylic acids is 3. The Morgan fingerprint density at radius 1 is 1.08 bits per heavy atom. The summed E-state index contributed by atoms with van der Waals surface area (Å²) in [7, 11) is 0. The maximum absolute atomic E-state index is 12.1. The van der Waals surface area contributed by atoms with E-state index in [0.717, 1.165) is 41.7 Å². The van der Waals surface area contributed by atoms with Gasteiger partial charge in [0, 0.05) is 29.6 Å². The number of Topliss-reactive ketones (excluding diaryl/α,β-unsaturated/α-hetero) is 2. The van der Waals surface area contributed by atoms with Crippen molar-refractivity contribution in [1.82, 2.24) is 0 Å². The molecule has 0 saturated carbocycles. The molecular weight excluding hydrogens is 496 g/mol. The molecule has 2 aliphatic rings. The van der Waals surface area contributed by atoms with Crippen molar-refractivity contribution < 1.29 is 34.4 Å². The number of phenols is 2. The number of ketones is 3. The highest BCUT2D eigenvalue weighted by molar-refractivity contribution is 6.22. The van der Waals surface area contributed by atoms with Gasteiger partial charge in [-0.15, -0.1) is 0 Å². The Morgan fingerprint density at radius 3 is 2.28 bits per heavy atom. The van der Waals surface area contributed by atoms with Gasteiger partial charge in [-0.2, -0.15) is 0 Å². The van der Waals surface area contributed by atoms with E-state index in [4.69, 9.17) is 4.74 Å². The van der Waals surface area contributed by atoms with Crippen LogP contribution in [0.2, 0.25) is 0 Å². The molecule has 0 aromatic heterocycles. The van der Waals surface area contributed by atoms with Crippen LogP contribution in [0.4, 0.5) is 0 Å². The van der Waals surface area contributed by atoms with E-state index in [9.17, 15) is 29.7 Å². The Hall–Kier alpha value is -3.19. The second-order valence-electron chi connectivity index (χ2n) is 11.6. The summed E-state index contributed by atoms with van der Waals surface area (Å²) in [5.41, 5.74) is 2.48. The number of benzene rings is 1. The fourth-order valence-corrected chi connectivity index (χ4v) is 4.66. The van der Waals surface area contributed by atoms with E-state index >= 15 is 0 Å². The van der Waals surface area contributed by atoms with Gasteiger partial charge in [-0.1, -0.05) is 6.58 Å². The number of allylic oxidation sites excluding steroid dienone is 5. The van der Waals surface area contributed by atoms with Gasteiger partial charge >= 0.3 is 0 Å². The predicted octanol–water partition coefficient (Wildman–Crippen LogP) is 6.03. The van der Waals surface area contributed by atoms with Crippen LogP contribution in [0.3, 0.4) is 0 Å². The van der Waals surface area contributed by atoms with Crippen LogP contribution in [0, 0.1) is 13.8 Å². The molecule has 0 spiro atoms. The van der Waals surface area contributed by atoms with Crippen molar-refractivity contribution >= 4 is 17.3 Å². The molecule has 1 aliphatic carbocycles. The minimum atomic E-state index is -1.00. The van der Waals surface area contributed by atoms with Crippen LogP contribution in [0.15, 0.2) is 41.2 Å². The molecule has 7 nitrogen and oxygen atoms in total. The molecule has 1 aliphatic heterocycles. The number of carbonyl (C=O) groups is 3. The van der Waals surface area contributed by atoms with Crippen molar-refractivity contribution in [3.8, 4) is 11.5 Å². The zero-order chi connectivity index (χ0) is 29.7. The SMILES string of the molecule is C=C1CCC(C)(CCc2cc(O)c(C)c(C)c2O)O1.CC(=O)CCC(C)(O)CCC1=CC(=O)C(C)=C(C)C1=O. The quantitative estimate of drug-likeness (QED) is 0.258. The molecule has 1 aromatic carbocycles. The van der Waals surface area contributed by atoms with Gasteiger partial charge in [0.05, 0.1) is 11.4 Å². The number of aryl methyl sites for hydroxylation is 1. The van der Waals surface area contributed by atoms with Gasteiger partial charge in [-0.05, 0) is 116 Å². The number of ether oxygens (including phenoxy) is 1. The van der Waals surface area contributed by atoms with Crippen LogP contribution in [-0.4, -0.2) is 43.9 Å². The van der Waals surface area contributed by atoms with Gasteiger partial charge in [0.2, 0.25) is 0 Å². The van der Waals surface area contributed by atoms with Crippen molar-refractivity contribution in [2.24, 2.45) is 0 Å². The van der Waals surface area contributed by atoms with Crippen LogP contribution >= 0.6 is 0 Å². The number of rotatable bonds is 9. The summed E-state index contributed by atoms with van der Waals surface area (Å²) in [6.45, 7) is 16.0. The van der Waals surface area contributed by atoms with Crippen molar-refractivity contribution in [2.45, 2.75) is 111 Å². The van der Waals surface area contributed by atoms with Crippen molar-refractivity contribution in [3.63, 3.8) is 0 Å². The first-order chi connectivity index (χ1) is 18.0. The number of hydrogen-bond donors (Lipinski definition) is 3. The summed E-state index contributed by atoms with van der Waals surface area (Å²) < 4.78 is 5.76. The zero-order valence-corrected chi connectivity index (χ0v) is 24.5. The fraction of sp³-hybridized carbons (Fsp3) is 0.531. The molecule has 2 atom stereocenters. The molecule has 1 heterocycles. The third-order valence-electron chi connectivity index (χ3n) is 7.98. The van der Waals surface area contributed by atoms with E-state index < -0.39 is 5.60 Å². The Kier molecular flexibility index (Phi) is 10.5. The molecule has 0 radical (unpaired) electrons. The molecule has 1 saturated heterocycles. The Balaban J connectivity index is 0.000000274. The minimum absolute atomic E-state index is 0.0304. The largest absolute Gasteiger partial charge is 0.508 e. The normalized spacial score (nSPS) is 20.7. The lowest BCUT2D eigenvalue weighted by molar-refractivity contribution is -0.118. The molecule has 1 aromatic rings. The highest BCUT2D eigenvalue weighted by Crippen LogP contribution is 2.38. The van der Waals surface area contributed by atoms with Gasteiger partial charge in [0.1, 0.15) is 22.9 Å². The molecule has 39 heavy (non-hydrogen) atoms. The minimum Gasteiger partial charge on any atom is -0.508 e. The number of hydrogen-bond acceptors (Lipinski definition) is 7. The predicted molar refractivity (Wildman–Crippen MR) is 152 cm³/mol. The van der Waals surface area contributed by atoms with Gasteiger partial charge in [-0.25, -0.2) is 0 Å². The molecule has 3 N–H and O–H groups in total. The number of aromatic hydroxyl groups is 2. The molecule has 3 rings (SSSR count). The molecule has 214 valence electrons. The average Bonchev–Trinajstić information content (AvgIpc) is 3.22. The van der Waals surface area contributed by atoms with Crippen LogP contribution in [0.1, 0.15) is 96.3 Å². The summed E-state index contributed by atoms with van der Waals surface area (Å²) >= 11 is 0. The molecule has 7 heteroatoms. The van der Waals surface area contributed by atoms with Crippen molar-refractivity contribution in [2.75, 3.05) is 0 Å². The lowest BCUT2D eigenvalue weighted by Crippen LogP contribution is -2.26. The summed E-state index contributed by atoms with van der Waals surface area (Å²) in [6, 6.07) is 1.66. The van der Waals surface area contributed by atoms with E-state index in [1.807, 2.05) is 6.92 Å². The van der Waals surface area contributed by atoms with Crippen LogP contribution in [0.25, 0.3) is 0 Å². The maximum atomic E-state index is 12.1. The third kappa shape index (κ3) is 8.65. The number of aliphatic hydroxyl groups is 1. The number of phenolic OH excluding ortho intramolecular Hbond substituents is 2. The van der Waals surface area contributed by atoms with Crippen LogP contribution in [-0.2, 0) is 25.5 Å². The summed E-state index contributed by atoms with van der Waals surface area (Å²) in [5.74, 6) is 1.14. The third-order valence-corrected chi connectivity index (χ3v) is 7.98. The topological polar surface area (TPSA) is 121 Å². The second-order valence-corrected chi connectivity index (χ2v) is 11.6. The first-order valence-electron chi connectivity index (χ1n) is 13.5. The smallest absolute Gasteiger partial charge is 0.185 e. The Bertz CT molecular complexity index is 1220. The van der Waals surface area contributed by atoms with E-state index in [1.54, 1.807) is 33.8 Å². The Morgan fingerprint density at radius 2 is 1.72 bits per heavy atom. The highest BCUT2D eigenvalue weighted by Gasteiger charge is 2.32. The van der Waals surface area contributed by atoms with E-state index in [1.165, 1.54) is 13.0 Å². The van der Waals surface area contributed by atoms with Crippen LogP contribution in [0.5, 0.6) is 11.5 Å². The molecular formula is C32H44O7. The zero-order valence-electron chi connectivity index (χ0n) is 24.5. The average molecular weight is 541 g/mol. The van der Waals surface area contributed by atoms with Crippen LogP contribution < -0.4 is 0 Å². The van der Waals surface area contributed by atoms with Gasteiger partial charge in [0.25, 0.3) is 0 Å². The van der Waals surface area contributed by atoms with E-state index in [0.29, 0.717) is 48.8 Å². The summed E-state index contributed by atoms with van der Waals surface area (Å²) in [6.07, 6.45) is 6.11. The van der Waals surface area contributed by atoms with Crippen molar-refractivity contribution in [3.05, 3.63) is 57.9 Å². The first kappa shape index (κ1) is 32.0.